The minimum absolute atomic E-state index is 0.210. The zero-order valence-corrected chi connectivity index (χ0v) is 9.76. The van der Waals surface area contributed by atoms with Gasteiger partial charge in [-0.05, 0) is 24.1 Å². The summed E-state index contributed by atoms with van der Waals surface area (Å²) in [5.74, 6) is 0. The first-order chi connectivity index (χ1) is 8.56. The summed E-state index contributed by atoms with van der Waals surface area (Å²) in [6.45, 7) is 0.189. The van der Waals surface area contributed by atoms with Crippen molar-refractivity contribution in [1.29, 1.82) is 0 Å². The summed E-state index contributed by atoms with van der Waals surface area (Å²) < 4.78 is 36.0. The Morgan fingerprint density at radius 3 is 2.89 bits per heavy atom. The number of nitrogens with one attached hydrogen (secondary N) is 2. The molecule has 100 valence electrons. The molecule has 0 bridgehead atoms. The normalized spacial score (nSPS) is 20.3. The first-order valence-electron chi connectivity index (χ1n) is 5.79. The number of benzene rings is 1. The highest BCUT2D eigenvalue weighted by molar-refractivity contribution is 5.30. The molecule has 0 radical (unpaired) electrons. The van der Waals surface area contributed by atoms with Crippen molar-refractivity contribution < 1.29 is 18.0 Å². The van der Waals surface area contributed by atoms with Crippen molar-refractivity contribution in [2.45, 2.75) is 25.2 Å². The molecule has 1 aromatic rings. The number of hydrogen-bond acceptors (Lipinski definition) is 3. The van der Waals surface area contributed by atoms with Crippen molar-refractivity contribution in [2.24, 2.45) is 0 Å². The molecule has 6 heteroatoms. The van der Waals surface area contributed by atoms with E-state index in [4.69, 9.17) is 0 Å². The monoisotopic (exact) mass is 260 g/mol. The van der Waals surface area contributed by atoms with Crippen LogP contribution in [0.4, 0.5) is 13.2 Å². The molecule has 1 aliphatic rings. The Morgan fingerprint density at radius 2 is 2.11 bits per heavy atom. The molecule has 1 heterocycles. The second-order valence-corrected chi connectivity index (χ2v) is 4.24. The average Bonchev–Trinajstić information content (AvgIpc) is 2.51. The van der Waals surface area contributed by atoms with Gasteiger partial charge in [-0.2, -0.15) is 18.7 Å². The highest BCUT2D eigenvalue weighted by atomic mass is 19.4. The number of rotatable bonds is 3. The molecule has 0 aromatic heterocycles. The van der Waals surface area contributed by atoms with E-state index < -0.39 is 12.8 Å². The maximum absolute atomic E-state index is 12.0. The van der Waals surface area contributed by atoms with Crippen LogP contribution in [-0.2, 0) is 11.4 Å². The summed E-state index contributed by atoms with van der Waals surface area (Å²) in [5.41, 5.74) is 4.59. The van der Waals surface area contributed by atoms with Crippen molar-refractivity contribution in [3.8, 4) is 0 Å². The molecule has 0 fully saturated rings. The van der Waals surface area contributed by atoms with Crippen molar-refractivity contribution in [2.75, 3.05) is 13.2 Å². The Morgan fingerprint density at radius 1 is 1.33 bits per heavy atom. The van der Waals surface area contributed by atoms with E-state index in [0.29, 0.717) is 6.42 Å². The van der Waals surface area contributed by atoms with Crippen molar-refractivity contribution in [1.82, 2.24) is 10.8 Å². The Balaban J connectivity index is 2.00. The number of fused-ring (bicyclic) bond motifs is 1. The van der Waals surface area contributed by atoms with E-state index in [1.165, 1.54) is 0 Å². The molecule has 1 aromatic carbocycles. The molecule has 1 unspecified atom stereocenters. The van der Waals surface area contributed by atoms with Crippen LogP contribution in [0.5, 0.6) is 0 Å². The van der Waals surface area contributed by atoms with E-state index in [0.717, 1.165) is 24.2 Å². The SMILES string of the molecule is FC(F)(F)CONC1CCNCc2ccccc21. The fourth-order valence-corrected chi connectivity index (χ4v) is 2.01. The van der Waals surface area contributed by atoms with Crippen molar-refractivity contribution in [3.63, 3.8) is 0 Å². The first-order valence-corrected chi connectivity index (χ1v) is 5.79. The van der Waals surface area contributed by atoms with Crippen LogP contribution in [0.3, 0.4) is 0 Å². The zero-order chi connectivity index (χ0) is 13.0. The summed E-state index contributed by atoms with van der Waals surface area (Å²) in [4.78, 5) is 4.55. The molecule has 1 atom stereocenters. The summed E-state index contributed by atoms with van der Waals surface area (Å²) in [7, 11) is 0. The van der Waals surface area contributed by atoms with Crippen LogP contribution < -0.4 is 10.8 Å². The van der Waals surface area contributed by atoms with Gasteiger partial charge in [-0.25, -0.2) is 0 Å². The number of halogens is 3. The topological polar surface area (TPSA) is 33.3 Å². The lowest BCUT2D eigenvalue weighted by molar-refractivity contribution is -0.193. The highest BCUT2D eigenvalue weighted by Crippen LogP contribution is 2.24. The molecule has 0 amide bonds. The smallest absolute Gasteiger partial charge is 0.313 e. The average molecular weight is 260 g/mol. The zero-order valence-electron chi connectivity index (χ0n) is 9.76. The Bertz CT molecular complexity index is 395. The van der Waals surface area contributed by atoms with E-state index in [2.05, 4.69) is 15.6 Å². The van der Waals surface area contributed by atoms with Crippen LogP contribution in [0.1, 0.15) is 23.6 Å². The van der Waals surface area contributed by atoms with Gasteiger partial charge in [-0.3, -0.25) is 4.84 Å². The third-order valence-corrected chi connectivity index (χ3v) is 2.82. The van der Waals surface area contributed by atoms with Gasteiger partial charge in [-0.1, -0.05) is 24.3 Å². The van der Waals surface area contributed by atoms with Gasteiger partial charge in [0.1, 0.15) is 0 Å². The first kappa shape index (κ1) is 13.3. The predicted molar refractivity (Wildman–Crippen MR) is 60.6 cm³/mol. The summed E-state index contributed by atoms with van der Waals surface area (Å²) >= 11 is 0. The van der Waals surface area contributed by atoms with Crippen LogP contribution in [0, 0.1) is 0 Å². The lowest BCUT2D eigenvalue weighted by Gasteiger charge is -2.19. The van der Waals surface area contributed by atoms with Crippen LogP contribution in [0.25, 0.3) is 0 Å². The van der Waals surface area contributed by atoms with Gasteiger partial charge in [-0.15, -0.1) is 0 Å². The predicted octanol–water partition coefficient (Wildman–Crippen LogP) is 2.30. The van der Waals surface area contributed by atoms with E-state index in [9.17, 15) is 13.2 Å². The van der Waals surface area contributed by atoms with Gasteiger partial charge in [0.05, 0.1) is 6.04 Å². The second-order valence-electron chi connectivity index (χ2n) is 4.24. The minimum atomic E-state index is -4.31. The number of hydroxylamine groups is 1. The fraction of sp³-hybridized carbons (Fsp3) is 0.500. The molecule has 2 rings (SSSR count). The summed E-state index contributed by atoms with van der Waals surface area (Å²) in [6, 6.07) is 7.46. The molecular weight excluding hydrogens is 245 g/mol. The van der Waals surface area contributed by atoms with Gasteiger partial charge >= 0.3 is 6.18 Å². The van der Waals surface area contributed by atoms with Crippen molar-refractivity contribution >= 4 is 0 Å². The van der Waals surface area contributed by atoms with Crippen LogP contribution in [0.15, 0.2) is 24.3 Å². The largest absolute Gasteiger partial charge is 0.413 e. The fourth-order valence-electron chi connectivity index (χ4n) is 2.01. The molecule has 3 nitrogen and oxygen atoms in total. The molecular formula is C12H15F3N2O. The van der Waals surface area contributed by atoms with Crippen LogP contribution in [-0.4, -0.2) is 19.3 Å². The van der Waals surface area contributed by atoms with E-state index in [1.54, 1.807) is 0 Å². The van der Waals surface area contributed by atoms with Gasteiger partial charge < -0.3 is 5.32 Å². The van der Waals surface area contributed by atoms with E-state index in [-0.39, 0.29) is 6.04 Å². The molecule has 0 spiro atoms. The molecule has 0 aliphatic carbocycles. The van der Waals surface area contributed by atoms with E-state index >= 15 is 0 Å². The standard InChI is InChI=1S/C12H15F3N2O/c13-12(14,15)8-18-17-11-5-6-16-7-9-3-1-2-4-10(9)11/h1-4,11,16-17H,5-8H2. The summed E-state index contributed by atoms with van der Waals surface area (Å²) in [6.07, 6.45) is -3.62. The van der Waals surface area contributed by atoms with Crippen LogP contribution >= 0.6 is 0 Å². The maximum atomic E-state index is 12.0. The van der Waals surface area contributed by atoms with Crippen LogP contribution in [0.2, 0.25) is 0 Å². The van der Waals surface area contributed by atoms with E-state index in [1.807, 2.05) is 24.3 Å². The summed E-state index contributed by atoms with van der Waals surface area (Å²) in [5, 5.41) is 3.22. The lowest BCUT2D eigenvalue weighted by atomic mass is 10.0. The molecule has 18 heavy (non-hydrogen) atoms. The quantitative estimate of drug-likeness (QED) is 0.818. The van der Waals surface area contributed by atoms with Crippen molar-refractivity contribution in [3.05, 3.63) is 35.4 Å². The molecule has 0 saturated carbocycles. The Kier molecular flexibility index (Phi) is 4.21. The lowest BCUT2D eigenvalue weighted by Crippen LogP contribution is -2.28. The third kappa shape index (κ3) is 3.69. The molecule has 2 N–H and O–H groups in total. The van der Waals surface area contributed by atoms with Gasteiger partial charge in [0.2, 0.25) is 0 Å². The second kappa shape index (κ2) is 5.69. The van der Waals surface area contributed by atoms with Gasteiger partial charge in [0.25, 0.3) is 0 Å². The third-order valence-electron chi connectivity index (χ3n) is 2.82. The Hall–Kier alpha value is -1.11. The Labute approximate surface area is 103 Å². The number of alkyl halides is 3. The number of hydrogen-bond donors (Lipinski definition) is 2. The highest BCUT2D eigenvalue weighted by Gasteiger charge is 2.28. The van der Waals surface area contributed by atoms with Gasteiger partial charge in [0, 0.05) is 6.54 Å². The minimum Gasteiger partial charge on any atom is -0.313 e. The van der Waals surface area contributed by atoms with Gasteiger partial charge in [0.15, 0.2) is 6.61 Å². The molecule has 0 saturated heterocycles. The maximum Gasteiger partial charge on any atom is 0.413 e. The molecule has 1 aliphatic heterocycles.